The van der Waals surface area contributed by atoms with Gasteiger partial charge in [0.15, 0.2) is 6.54 Å². The minimum absolute atomic E-state index is 0.0428. The predicted octanol–water partition coefficient (Wildman–Crippen LogP) is 1.03. The highest BCUT2D eigenvalue weighted by Gasteiger charge is 2.23. The lowest BCUT2D eigenvalue weighted by Gasteiger charge is -2.23. The first kappa shape index (κ1) is 15.2. The quantitative estimate of drug-likeness (QED) is 0.873. The van der Waals surface area contributed by atoms with E-state index in [2.05, 4.69) is 5.32 Å². The van der Waals surface area contributed by atoms with Gasteiger partial charge in [-0.05, 0) is 32.3 Å². The van der Waals surface area contributed by atoms with E-state index in [4.69, 9.17) is 9.47 Å². The molecule has 120 valence electrons. The molecule has 0 saturated carbocycles. The van der Waals surface area contributed by atoms with Gasteiger partial charge in [-0.15, -0.1) is 0 Å². The fourth-order valence-electron chi connectivity index (χ4n) is 3.36. The molecule has 5 heteroatoms. The van der Waals surface area contributed by atoms with E-state index >= 15 is 0 Å². The highest BCUT2D eigenvalue weighted by molar-refractivity contribution is 5.93. The number of fused-ring (bicyclic) bond motifs is 1. The summed E-state index contributed by atoms with van der Waals surface area (Å²) in [5.74, 6) is 1.61. The van der Waals surface area contributed by atoms with E-state index in [1.54, 1.807) is 7.11 Å². The number of amides is 1. The molecule has 2 heterocycles. The Kier molecular flexibility index (Phi) is 4.52. The van der Waals surface area contributed by atoms with Crippen molar-refractivity contribution in [2.45, 2.75) is 38.7 Å². The molecule has 1 atom stereocenters. The molecule has 0 radical (unpaired) electrons. The number of piperidine rings is 1. The topological polar surface area (TPSA) is 52.0 Å². The van der Waals surface area contributed by atoms with E-state index in [0.717, 1.165) is 30.8 Å². The van der Waals surface area contributed by atoms with Gasteiger partial charge in [-0.1, -0.05) is 0 Å². The maximum Gasteiger partial charge on any atom is 0.279 e. The summed E-state index contributed by atoms with van der Waals surface area (Å²) >= 11 is 0. The first-order valence-corrected chi connectivity index (χ1v) is 8.16. The minimum atomic E-state index is 0.0428. The third-order valence-corrected chi connectivity index (χ3v) is 4.46. The first-order chi connectivity index (χ1) is 10.7. The summed E-state index contributed by atoms with van der Waals surface area (Å²) in [5, 5.41) is 2.99. The summed E-state index contributed by atoms with van der Waals surface area (Å²) in [5.41, 5.74) is 1.85. The van der Waals surface area contributed by atoms with Crippen LogP contribution in [0.3, 0.4) is 0 Å². The summed E-state index contributed by atoms with van der Waals surface area (Å²) in [6.45, 7) is 4.76. The van der Waals surface area contributed by atoms with Crippen LogP contribution in [0.5, 0.6) is 11.5 Å². The SMILES string of the molecule is COc1cc2c(cc1NC(=O)C[NH+]1CCCCC1)OC(C)C2. The fraction of sp³-hybridized carbons (Fsp3) is 0.588. The number of ether oxygens (including phenoxy) is 2. The number of methoxy groups -OCH3 is 1. The molecule has 1 aromatic rings. The zero-order valence-corrected chi connectivity index (χ0v) is 13.4. The second-order valence-corrected chi connectivity index (χ2v) is 6.33. The molecule has 3 rings (SSSR count). The van der Waals surface area contributed by atoms with Crippen LogP contribution in [0.4, 0.5) is 5.69 Å². The van der Waals surface area contributed by atoms with Crippen LogP contribution < -0.4 is 19.7 Å². The van der Waals surface area contributed by atoms with E-state index in [1.807, 2.05) is 19.1 Å². The zero-order chi connectivity index (χ0) is 15.5. The summed E-state index contributed by atoms with van der Waals surface area (Å²) in [6, 6.07) is 3.86. The number of carbonyl (C=O) groups excluding carboxylic acids is 1. The van der Waals surface area contributed by atoms with E-state index in [0.29, 0.717) is 18.0 Å². The van der Waals surface area contributed by atoms with Crippen LogP contribution in [-0.4, -0.2) is 38.8 Å². The lowest BCUT2D eigenvalue weighted by Crippen LogP contribution is -3.13. The Balaban J connectivity index is 1.68. The maximum absolute atomic E-state index is 12.3. The number of quaternary nitrogens is 1. The molecule has 2 N–H and O–H groups in total. The van der Waals surface area contributed by atoms with Gasteiger partial charge in [0.05, 0.1) is 25.9 Å². The highest BCUT2D eigenvalue weighted by atomic mass is 16.5. The minimum Gasteiger partial charge on any atom is -0.495 e. The number of hydrogen-bond acceptors (Lipinski definition) is 3. The van der Waals surface area contributed by atoms with Crippen molar-refractivity contribution < 1.29 is 19.2 Å². The molecule has 0 bridgehead atoms. The van der Waals surface area contributed by atoms with Gasteiger partial charge in [0, 0.05) is 18.1 Å². The second kappa shape index (κ2) is 6.57. The maximum atomic E-state index is 12.3. The van der Waals surface area contributed by atoms with Gasteiger partial charge in [0.1, 0.15) is 17.6 Å². The number of likely N-dealkylation sites (tertiary alicyclic amines) is 1. The Hall–Kier alpha value is -1.75. The first-order valence-electron chi connectivity index (χ1n) is 8.16. The van der Waals surface area contributed by atoms with E-state index in [1.165, 1.54) is 24.2 Å². The molecule has 1 unspecified atom stereocenters. The largest absolute Gasteiger partial charge is 0.495 e. The normalized spacial score (nSPS) is 21.1. The molecule has 5 nitrogen and oxygen atoms in total. The van der Waals surface area contributed by atoms with Crippen molar-refractivity contribution in [1.82, 2.24) is 0 Å². The van der Waals surface area contributed by atoms with Crippen molar-refractivity contribution in [2.24, 2.45) is 0 Å². The Morgan fingerprint density at radius 2 is 2.14 bits per heavy atom. The third kappa shape index (κ3) is 3.35. The van der Waals surface area contributed by atoms with Gasteiger partial charge in [-0.25, -0.2) is 0 Å². The Labute approximate surface area is 131 Å². The molecule has 1 fully saturated rings. The summed E-state index contributed by atoms with van der Waals surface area (Å²) in [4.78, 5) is 13.7. The van der Waals surface area contributed by atoms with Gasteiger partial charge in [-0.2, -0.15) is 0 Å². The van der Waals surface area contributed by atoms with Crippen molar-refractivity contribution in [3.63, 3.8) is 0 Å². The molecule has 0 aliphatic carbocycles. The number of hydrogen-bond donors (Lipinski definition) is 2. The van der Waals surface area contributed by atoms with Crippen molar-refractivity contribution in [3.05, 3.63) is 17.7 Å². The van der Waals surface area contributed by atoms with Gasteiger partial charge >= 0.3 is 0 Å². The third-order valence-electron chi connectivity index (χ3n) is 4.46. The lowest BCUT2D eigenvalue weighted by atomic mass is 10.1. The van der Waals surface area contributed by atoms with Gasteiger partial charge in [-0.3, -0.25) is 4.79 Å². The number of nitrogens with one attached hydrogen (secondary N) is 2. The van der Waals surface area contributed by atoms with Crippen molar-refractivity contribution >= 4 is 11.6 Å². The number of anilines is 1. The smallest absolute Gasteiger partial charge is 0.279 e. The van der Waals surface area contributed by atoms with E-state index in [9.17, 15) is 4.79 Å². The molecule has 2 aliphatic rings. The zero-order valence-electron chi connectivity index (χ0n) is 13.4. The average molecular weight is 305 g/mol. The number of carbonyl (C=O) groups is 1. The number of benzene rings is 1. The molecule has 22 heavy (non-hydrogen) atoms. The van der Waals surface area contributed by atoms with Crippen LogP contribution in [0.2, 0.25) is 0 Å². The van der Waals surface area contributed by atoms with Crippen LogP contribution >= 0.6 is 0 Å². The number of rotatable bonds is 4. The predicted molar refractivity (Wildman–Crippen MR) is 84.8 cm³/mol. The Morgan fingerprint density at radius 3 is 2.86 bits per heavy atom. The molecular formula is C17H25N2O3+. The standard InChI is InChI=1S/C17H24N2O3/c1-12-8-13-9-16(21-2)14(10-15(13)22-12)18-17(20)11-19-6-4-3-5-7-19/h9-10,12H,3-8,11H2,1-2H3,(H,18,20)/p+1. The van der Waals surface area contributed by atoms with Crippen molar-refractivity contribution in [1.29, 1.82) is 0 Å². The van der Waals surface area contributed by atoms with Gasteiger partial charge in [0.2, 0.25) is 0 Å². The van der Waals surface area contributed by atoms with E-state index < -0.39 is 0 Å². The molecule has 1 amide bonds. The Bertz CT molecular complexity index is 553. The van der Waals surface area contributed by atoms with E-state index in [-0.39, 0.29) is 12.0 Å². The van der Waals surface area contributed by atoms with Crippen LogP contribution in [0.1, 0.15) is 31.7 Å². The van der Waals surface area contributed by atoms with Crippen LogP contribution in [0, 0.1) is 0 Å². The van der Waals surface area contributed by atoms with Crippen LogP contribution in [0.15, 0.2) is 12.1 Å². The Morgan fingerprint density at radius 1 is 1.36 bits per heavy atom. The summed E-state index contributed by atoms with van der Waals surface area (Å²) in [7, 11) is 1.63. The summed E-state index contributed by atoms with van der Waals surface area (Å²) in [6.07, 6.45) is 4.80. The molecule has 0 aromatic heterocycles. The molecule has 1 saturated heterocycles. The summed E-state index contributed by atoms with van der Waals surface area (Å²) < 4.78 is 11.2. The van der Waals surface area contributed by atoms with Crippen LogP contribution in [0.25, 0.3) is 0 Å². The molecule has 1 aromatic carbocycles. The average Bonchev–Trinajstić information content (AvgIpc) is 2.86. The highest BCUT2D eigenvalue weighted by Crippen LogP contribution is 2.37. The second-order valence-electron chi connectivity index (χ2n) is 6.33. The van der Waals surface area contributed by atoms with Crippen LogP contribution in [-0.2, 0) is 11.2 Å². The van der Waals surface area contributed by atoms with Crippen molar-refractivity contribution in [2.75, 3.05) is 32.1 Å². The fourth-order valence-corrected chi connectivity index (χ4v) is 3.36. The van der Waals surface area contributed by atoms with Crippen molar-refractivity contribution in [3.8, 4) is 11.5 Å². The van der Waals surface area contributed by atoms with Gasteiger partial charge < -0.3 is 19.7 Å². The molecular weight excluding hydrogens is 280 g/mol. The molecule has 0 spiro atoms. The molecule has 2 aliphatic heterocycles. The monoisotopic (exact) mass is 305 g/mol. The lowest BCUT2D eigenvalue weighted by molar-refractivity contribution is -0.896. The van der Waals surface area contributed by atoms with Gasteiger partial charge in [0.25, 0.3) is 5.91 Å².